The summed E-state index contributed by atoms with van der Waals surface area (Å²) in [4.78, 5) is 79.7. The minimum atomic E-state index is -1.32. The van der Waals surface area contributed by atoms with Crippen molar-refractivity contribution in [1.29, 1.82) is 0 Å². The van der Waals surface area contributed by atoms with Crippen LogP contribution in [0.3, 0.4) is 0 Å². The molecule has 52 heavy (non-hydrogen) atoms. The molecule has 2 aromatic rings. The van der Waals surface area contributed by atoms with Crippen LogP contribution in [0.5, 0.6) is 0 Å². The monoisotopic (exact) mass is 760 g/mol. The highest BCUT2D eigenvalue weighted by molar-refractivity contribution is 8.76. The van der Waals surface area contributed by atoms with Gasteiger partial charge in [-0.3, -0.25) is 19.2 Å². The molecule has 0 saturated carbocycles. The fraction of sp³-hybridized carbons (Fsp3) is 0.526. The Morgan fingerprint density at radius 2 is 0.788 bits per heavy atom. The SMILES string of the molecule is CC(C)(C)OC(=O)C[C@H](NC(=O)c1ccccc1SSc1ccccc1C(=O)N[C@@H](CC(=O)OC(C)(C)C)C(=O)OC(C)(C)C)C(=O)OC(C)(C)C. The lowest BCUT2D eigenvalue weighted by molar-refractivity contribution is -0.164. The van der Waals surface area contributed by atoms with E-state index in [2.05, 4.69) is 10.6 Å². The molecule has 2 aromatic carbocycles. The maximum atomic E-state index is 13.6. The molecule has 2 atom stereocenters. The van der Waals surface area contributed by atoms with Gasteiger partial charge in [-0.25, -0.2) is 9.59 Å². The van der Waals surface area contributed by atoms with Crippen molar-refractivity contribution in [3.63, 3.8) is 0 Å². The number of hydrogen-bond donors (Lipinski definition) is 2. The third-order valence-corrected chi connectivity index (χ3v) is 8.54. The second-order valence-corrected chi connectivity index (χ2v) is 18.1. The van der Waals surface area contributed by atoms with Crippen LogP contribution in [0.25, 0.3) is 0 Å². The van der Waals surface area contributed by atoms with Crippen molar-refractivity contribution < 1.29 is 47.7 Å². The Morgan fingerprint density at radius 1 is 0.500 bits per heavy atom. The molecular formula is C38H52N2O10S2. The van der Waals surface area contributed by atoms with E-state index in [9.17, 15) is 28.8 Å². The smallest absolute Gasteiger partial charge is 0.329 e. The van der Waals surface area contributed by atoms with E-state index < -0.39 is 83.0 Å². The number of benzene rings is 2. The van der Waals surface area contributed by atoms with Crippen molar-refractivity contribution in [1.82, 2.24) is 10.6 Å². The van der Waals surface area contributed by atoms with Gasteiger partial charge in [-0.2, -0.15) is 0 Å². The average Bonchev–Trinajstić information content (AvgIpc) is 2.96. The number of hydrogen-bond acceptors (Lipinski definition) is 12. The predicted octanol–water partition coefficient (Wildman–Crippen LogP) is 6.83. The van der Waals surface area contributed by atoms with Crippen LogP contribution >= 0.6 is 21.6 Å². The van der Waals surface area contributed by atoms with Gasteiger partial charge >= 0.3 is 23.9 Å². The number of amides is 2. The molecule has 286 valence electrons. The lowest BCUT2D eigenvalue weighted by atomic mass is 10.1. The zero-order chi connectivity index (χ0) is 39.7. The summed E-state index contributed by atoms with van der Waals surface area (Å²) in [6.45, 7) is 20.2. The van der Waals surface area contributed by atoms with Crippen LogP contribution in [0.2, 0.25) is 0 Å². The molecule has 0 unspecified atom stereocenters. The number of esters is 4. The predicted molar refractivity (Wildman–Crippen MR) is 200 cm³/mol. The van der Waals surface area contributed by atoms with E-state index in [4.69, 9.17) is 18.9 Å². The lowest BCUT2D eigenvalue weighted by Gasteiger charge is -2.26. The summed E-state index contributed by atoms with van der Waals surface area (Å²) in [5.41, 5.74) is -2.94. The number of rotatable bonds is 13. The molecule has 0 fully saturated rings. The molecule has 2 amide bonds. The van der Waals surface area contributed by atoms with Crippen LogP contribution in [-0.2, 0) is 38.1 Å². The highest BCUT2D eigenvalue weighted by Gasteiger charge is 2.33. The summed E-state index contributed by atoms with van der Waals surface area (Å²) in [5, 5.41) is 5.27. The van der Waals surface area contributed by atoms with Crippen LogP contribution in [0.15, 0.2) is 58.3 Å². The Bertz CT molecular complexity index is 1500. The Balaban J connectivity index is 2.31. The van der Waals surface area contributed by atoms with E-state index in [1.54, 1.807) is 132 Å². The molecular weight excluding hydrogens is 709 g/mol. The van der Waals surface area contributed by atoms with Gasteiger partial charge in [0.2, 0.25) is 0 Å². The van der Waals surface area contributed by atoms with E-state index >= 15 is 0 Å². The summed E-state index contributed by atoms with van der Waals surface area (Å²) in [6.07, 6.45) is -0.884. The van der Waals surface area contributed by atoms with Crippen molar-refractivity contribution in [2.45, 2.75) is 140 Å². The van der Waals surface area contributed by atoms with Crippen molar-refractivity contribution in [3.8, 4) is 0 Å². The van der Waals surface area contributed by atoms with Crippen LogP contribution in [0.4, 0.5) is 0 Å². The Labute approximate surface area is 314 Å². The zero-order valence-electron chi connectivity index (χ0n) is 32.1. The number of nitrogens with one attached hydrogen (secondary N) is 2. The van der Waals surface area contributed by atoms with Crippen LogP contribution in [0.1, 0.15) is 117 Å². The first-order valence-electron chi connectivity index (χ1n) is 16.8. The Kier molecular flexibility index (Phi) is 15.4. The quantitative estimate of drug-likeness (QED) is 0.125. The standard InChI is InChI=1S/C38H52N2O10S2/c1-35(2,3)47-29(41)21-25(33(45)49-37(7,8)9)39-31(43)23-17-13-15-19-27(23)51-52-28-20-16-14-18-24(28)32(44)40-26(34(46)50-38(10,11)12)22-30(42)48-36(4,5)6/h13-20,25-26H,21-22H2,1-12H3,(H,39,43)(H,40,44)/t25-,26-/m0/s1. The van der Waals surface area contributed by atoms with Gasteiger partial charge in [-0.1, -0.05) is 45.9 Å². The summed E-state index contributed by atoms with van der Waals surface area (Å²) >= 11 is 0. The first-order chi connectivity index (χ1) is 23.7. The Hall–Kier alpha value is -4.04. The summed E-state index contributed by atoms with van der Waals surface area (Å²) in [7, 11) is 2.36. The van der Waals surface area contributed by atoms with Crippen LogP contribution < -0.4 is 10.6 Å². The van der Waals surface area contributed by atoms with E-state index in [1.807, 2.05) is 0 Å². The topological polar surface area (TPSA) is 163 Å². The van der Waals surface area contributed by atoms with Gasteiger partial charge < -0.3 is 29.6 Å². The number of carbonyl (C=O) groups excluding carboxylic acids is 6. The fourth-order valence-electron chi connectivity index (χ4n) is 4.25. The minimum Gasteiger partial charge on any atom is -0.460 e. The van der Waals surface area contributed by atoms with Crippen molar-refractivity contribution >= 4 is 57.3 Å². The van der Waals surface area contributed by atoms with E-state index in [1.165, 1.54) is 21.6 Å². The lowest BCUT2D eigenvalue weighted by Crippen LogP contribution is -2.46. The third kappa shape index (κ3) is 16.5. The largest absolute Gasteiger partial charge is 0.460 e. The van der Waals surface area contributed by atoms with Gasteiger partial charge in [0.05, 0.1) is 24.0 Å². The number of ether oxygens (including phenoxy) is 4. The van der Waals surface area contributed by atoms with Gasteiger partial charge in [0.15, 0.2) is 0 Å². The van der Waals surface area contributed by atoms with Gasteiger partial charge in [-0.05, 0) is 107 Å². The summed E-state index contributed by atoms with van der Waals surface area (Å²) in [5.74, 6) is -4.20. The molecule has 2 N–H and O–H groups in total. The minimum absolute atomic E-state index is 0.210. The van der Waals surface area contributed by atoms with Crippen LogP contribution in [0, 0.1) is 0 Å². The molecule has 0 bridgehead atoms. The second kappa shape index (κ2) is 18.1. The maximum Gasteiger partial charge on any atom is 0.329 e. The highest BCUT2D eigenvalue weighted by Crippen LogP contribution is 2.40. The first-order valence-corrected chi connectivity index (χ1v) is 18.9. The van der Waals surface area contributed by atoms with Crippen LogP contribution in [-0.4, -0.2) is 70.2 Å². The molecule has 0 aromatic heterocycles. The highest BCUT2D eigenvalue weighted by atomic mass is 33.1. The van der Waals surface area contributed by atoms with Crippen molar-refractivity contribution in [2.75, 3.05) is 0 Å². The maximum absolute atomic E-state index is 13.6. The molecule has 0 radical (unpaired) electrons. The van der Waals surface area contributed by atoms with Gasteiger partial charge in [0.1, 0.15) is 34.5 Å². The van der Waals surface area contributed by atoms with E-state index in [0.717, 1.165) is 0 Å². The third-order valence-electron chi connectivity index (χ3n) is 6.06. The summed E-state index contributed by atoms with van der Waals surface area (Å²) < 4.78 is 21.7. The van der Waals surface area contributed by atoms with Gasteiger partial charge in [-0.15, -0.1) is 0 Å². The van der Waals surface area contributed by atoms with E-state index in [-0.39, 0.29) is 11.1 Å². The van der Waals surface area contributed by atoms with E-state index in [0.29, 0.717) is 9.79 Å². The molecule has 14 heteroatoms. The van der Waals surface area contributed by atoms with Crippen molar-refractivity contribution in [2.24, 2.45) is 0 Å². The normalized spacial score (nSPS) is 13.2. The van der Waals surface area contributed by atoms with Gasteiger partial charge in [0.25, 0.3) is 11.8 Å². The molecule has 0 aliphatic carbocycles. The number of carbonyl (C=O) groups is 6. The van der Waals surface area contributed by atoms with Gasteiger partial charge in [0, 0.05) is 9.79 Å². The molecule has 12 nitrogen and oxygen atoms in total. The molecule has 0 aliphatic rings. The second-order valence-electron chi connectivity index (χ2n) is 15.9. The van der Waals surface area contributed by atoms with Crippen molar-refractivity contribution in [3.05, 3.63) is 59.7 Å². The average molecular weight is 761 g/mol. The summed E-state index contributed by atoms with van der Waals surface area (Å²) in [6, 6.07) is 10.7. The first kappa shape index (κ1) is 44.1. The molecule has 0 heterocycles. The molecule has 0 saturated heterocycles. The molecule has 2 rings (SSSR count). The zero-order valence-corrected chi connectivity index (χ0v) is 33.7. The Morgan fingerprint density at radius 3 is 1.08 bits per heavy atom. The molecule has 0 spiro atoms. The fourth-order valence-corrected chi connectivity index (χ4v) is 6.61. The molecule has 0 aliphatic heterocycles.